The summed E-state index contributed by atoms with van der Waals surface area (Å²) in [7, 11) is 0. The highest BCUT2D eigenvalue weighted by Gasteiger charge is 2.60. The molecular weight excluding hydrogens is 683 g/mol. The molecule has 1 saturated heterocycles. The van der Waals surface area contributed by atoms with E-state index < -0.39 is 72.3 Å². The molecule has 6 rings (SSSR count). The van der Waals surface area contributed by atoms with Gasteiger partial charge in [-0.1, -0.05) is 36.4 Å². The second-order valence-electron chi connectivity index (χ2n) is 12.0. The van der Waals surface area contributed by atoms with Crippen LogP contribution in [0.5, 0.6) is 0 Å². The van der Waals surface area contributed by atoms with Gasteiger partial charge in [0.05, 0.1) is 30.9 Å². The number of aromatic nitrogens is 3. The van der Waals surface area contributed by atoms with Crippen molar-refractivity contribution in [3.05, 3.63) is 131 Å². The molecular formula is C37H30F3N5O7. The SMILES string of the molecule is N#C[C@@]1(c2ccc3c(N)ncnn23)O[C@H](COC(=O)Cc2ccc(F)cc2)[C@@H](OC(=O)Cc2ccc(F)cc2)[C@H]1COC(=O)Cc1ccc(F)cc1. The summed E-state index contributed by atoms with van der Waals surface area (Å²) in [6.45, 7) is -1.05. The molecule has 4 atom stereocenters. The Hall–Kier alpha value is -6.27. The Kier molecular flexibility index (Phi) is 10.5. The molecule has 3 heterocycles. The molecule has 0 unspecified atom stereocenters. The van der Waals surface area contributed by atoms with Crippen molar-refractivity contribution in [2.45, 2.75) is 37.1 Å². The van der Waals surface area contributed by atoms with Crippen LogP contribution < -0.4 is 5.73 Å². The Morgan fingerprint density at radius 1 is 0.769 bits per heavy atom. The Morgan fingerprint density at radius 2 is 1.27 bits per heavy atom. The minimum absolute atomic E-state index is 0.0863. The Bertz CT molecular complexity index is 2120. The molecule has 15 heteroatoms. The van der Waals surface area contributed by atoms with Crippen molar-refractivity contribution in [2.24, 2.45) is 5.92 Å². The number of nitriles is 1. The Labute approximate surface area is 294 Å². The van der Waals surface area contributed by atoms with Crippen molar-refractivity contribution in [3.63, 3.8) is 0 Å². The zero-order chi connectivity index (χ0) is 36.8. The number of esters is 3. The molecule has 0 saturated carbocycles. The number of rotatable bonds is 12. The fraction of sp³-hybridized carbons (Fsp3) is 0.243. The fourth-order valence-electron chi connectivity index (χ4n) is 5.99. The van der Waals surface area contributed by atoms with Gasteiger partial charge in [0.1, 0.15) is 60.8 Å². The summed E-state index contributed by atoms with van der Waals surface area (Å²) in [6, 6.07) is 20.8. The number of nitrogens with two attached hydrogens (primary N) is 1. The predicted molar refractivity (Wildman–Crippen MR) is 175 cm³/mol. The molecule has 0 bridgehead atoms. The maximum absolute atomic E-state index is 13.6. The second-order valence-corrected chi connectivity index (χ2v) is 12.0. The minimum atomic E-state index is -2.04. The van der Waals surface area contributed by atoms with Gasteiger partial charge in [-0.2, -0.15) is 10.4 Å². The molecule has 0 amide bonds. The third kappa shape index (κ3) is 7.87. The van der Waals surface area contributed by atoms with Gasteiger partial charge in [0.15, 0.2) is 5.82 Å². The highest BCUT2D eigenvalue weighted by Crippen LogP contribution is 2.46. The lowest BCUT2D eigenvalue weighted by molar-refractivity contribution is -0.159. The first kappa shape index (κ1) is 35.6. The number of nitrogens with zero attached hydrogens (tertiary/aromatic N) is 4. The average Bonchev–Trinajstić information content (AvgIpc) is 3.70. The van der Waals surface area contributed by atoms with E-state index >= 15 is 0 Å². The summed E-state index contributed by atoms with van der Waals surface area (Å²) < 4.78 is 65.3. The number of carbonyl (C=O) groups excluding carboxylic acids is 3. The fourth-order valence-corrected chi connectivity index (χ4v) is 5.99. The van der Waals surface area contributed by atoms with E-state index in [0.717, 1.165) is 0 Å². The van der Waals surface area contributed by atoms with Gasteiger partial charge in [-0.05, 0) is 65.2 Å². The third-order valence-electron chi connectivity index (χ3n) is 8.54. The van der Waals surface area contributed by atoms with Gasteiger partial charge in [0.2, 0.25) is 5.60 Å². The second kappa shape index (κ2) is 15.3. The maximum Gasteiger partial charge on any atom is 0.310 e. The van der Waals surface area contributed by atoms with Gasteiger partial charge in [-0.15, -0.1) is 0 Å². The number of anilines is 1. The molecule has 0 radical (unpaired) electrons. The van der Waals surface area contributed by atoms with Crippen LogP contribution in [0.15, 0.2) is 91.3 Å². The van der Waals surface area contributed by atoms with Gasteiger partial charge in [0, 0.05) is 0 Å². The Morgan fingerprint density at radius 3 is 1.79 bits per heavy atom. The minimum Gasteiger partial charge on any atom is -0.465 e. The monoisotopic (exact) mass is 713 g/mol. The molecule has 266 valence electrons. The van der Waals surface area contributed by atoms with Gasteiger partial charge in [-0.3, -0.25) is 14.4 Å². The van der Waals surface area contributed by atoms with E-state index in [-0.39, 0.29) is 30.8 Å². The first-order chi connectivity index (χ1) is 25.0. The lowest BCUT2D eigenvalue weighted by Crippen LogP contribution is -2.42. The highest BCUT2D eigenvalue weighted by molar-refractivity contribution is 5.74. The summed E-state index contributed by atoms with van der Waals surface area (Å²) in [4.78, 5) is 43.4. The van der Waals surface area contributed by atoms with Gasteiger partial charge < -0.3 is 24.7 Å². The smallest absolute Gasteiger partial charge is 0.310 e. The number of ether oxygens (including phenoxy) is 4. The number of nitrogen functional groups attached to an aromatic ring is 1. The van der Waals surface area contributed by atoms with Crippen LogP contribution in [0, 0.1) is 34.7 Å². The molecule has 52 heavy (non-hydrogen) atoms. The van der Waals surface area contributed by atoms with Crippen molar-refractivity contribution >= 4 is 29.2 Å². The van der Waals surface area contributed by atoms with E-state index in [4.69, 9.17) is 24.7 Å². The van der Waals surface area contributed by atoms with E-state index in [0.29, 0.717) is 22.2 Å². The maximum atomic E-state index is 13.6. The van der Waals surface area contributed by atoms with E-state index in [9.17, 15) is 32.8 Å². The zero-order valence-electron chi connectivity index (χ0n) is 27.3. The average molecular weight is 714 g/mol. The quantitative estimate of drug-likeness (QED) is 0.145. The number of halogens is 3. The van der Waals surface area contributed by atoms with E-state index in [2.05, 4.69) is 16.2 Å². The standard InChI is InChI=1S/C37H30F3N5O7/c38-25-7-1-22(2-8-25)15-32(46)49-18-28-35(51-34(48)17-24-5-11-27(40)12-6-24)30(19-50-33(47)16-23-3-9-26(39)10-4-23)52-37(28,20-41)31-14-13-29-36(42)43-21-44-45(29)31/h1-14,21,28,30,35H,15-19H2,(H2,42,43,44)/t28-,30-,35+,37-/m1/s1. The largest absolute Gasteiger partial charge is 0.465 e. The summed E-state index contributed by atoms with van der Waals surface area (Å²) in [5.41, 5.74) is 5.81. The van der Waals surface area contributed by atoms with Crippen molar-refractivity contribution < 1.29 is 46.5 Å². The van der Waals surface area contributed by atoms with Gasteiger partial charge in [-0.25, -0.2) is 22.7 Å². The number of carbonyl (C=O) groups is 3. The van der Waals surface area contributed by atoms with Crippen LogP contribution in [0.2, 0.25) is 0 Å². The Balaban J connectivity index is 1.33. The van der Waals surface area contributed by atoms with Crippen molar-refractivity contribution in [3.8, 4) is 6.07 Å². The van der Waals surface area contributed by atoms with Crippen LogP contribution in [0.25, 0.3) is 5.52 Å². The van der Waals surface area contributed by atoms with E-state index in [1.807, 2.05) is 0 Å². The number of hydrogen-bond acceptors (Lipinski definition) is 11. The zero-order valence-corrected chi connectivity index (χ0v) is 27.3. The van der Waals surface area contributed by atoms with Crippen LogP contribution >= 0.6 is 0 Å². The topological polar surface area (TPSA) is 168 Å². The molecule has 12 nitrogen and oxygen atoms in total. The number of hydrogen-bond donors (Lipinski definition) is 1. The number of benzene rings is 3. The molecule has 0 aliphatic carbocycles. The summed E-state index contributed by atoms with van der Waals surface area (Å²) in [5, 5.41) is 15.1. The lowest BCUT2D eigenvalue weighted by Gasteiger charge is -2.28. The third-order valence-corrected chi connectivity index (χ3v) is 8.54. The molecule has 1 aliphatic rings. The molecule has 3 aromatic carbocycles. The van der Waals surface area contributed by atoms with Crippen LogP contribution in [-0.2, 0) is 58.2 Å². The van der Waals surface area contributed by atoms with E-state index in [1.165, 1.54) is 89.7 Å². The molecule has 2 aromatic heterocycles. The molecule has 2 N–H and O–H groups in total. The summed E-state index contributed by atoms with van der Waals surface area (Å²) in [6.07, 6.45) is -2.27. The van der Waals surface area contributed by atoms with Crippen LogP contribution in [0.3, 0.4) is 0 Å². The molecule has 1 aliphatic heterocycles. The first-order valence-corrected chi connectivity index (χ1v) is 16.0. The van der Waals surface area contributed by atoms with Crippen molar-refractivity contribution in [1.82, 2.24) is 14.6 Å². The number of fused-ring (bicyclic) bond motifs is 1. The molecule has 0 spiro atoms. The van der Waals surface area contributed by atoms with Crippen molar-refractivity contribution in [2.75, 3.05) is 18.9 Å². The van der Waals surface area contributed by atoms with Crippen LogP contribution in [0.4, 0.5) is 19.0 Å². The summed E-state index contributed by atoms with van der Waals surface area (Å²) >= 11 is 0. The van der Waals surface area contributed by atoms with Crippen LogP contribution in [0.1, 0.15) is 22.4 Å². The van der Waals surface area contributed by atoms with Gasteiger partial charge >= 0.3 is 17.9 Å². The highest BCUT2D eigenvalue weighted by atomic mass is 19.1. The van der Waals surface area contributed by atoms with E-state index in [1.54, 1.807) is 6.07 Å². The first-order valence-electron chi connectivity index (χ1n) is 16.0. The van der Waals surface area contributed by atoms with Crippen molar-refractivity contribution in [1.29, 1.82) is 5.26 Å². The van der Waals surface area contributed by atoms with Crippen LogP contribution in [-0.4, -0.2) is 57.9 Å². The normalized spacial score (nSPS) is 19.5. The predicted octanol–water partition coefficient (Wildman–Crippen LogP) is 4.19. The summed E-state index contributed by atoms with van der Waals surface area (Å²) in [5.74, 6) is -4.90. The molecule has 5 aromatic rings. The lowest BCUT2D eigenvalue weighted by atomic mass is 9.83. The molecule has 1 fully saturated rings. The van der Waals surface area contributed by atoms with Gasteiger partial charge in [0.25, 0.3) is 0 Å².